The molecule has 1 aliphatic heterocycles. The van der Waals surface area contributed by atoms with E-state index in [1.165, 1.54) is 5.57 Å². The molecule has 3 nitrogen and oxygen atoms in total. The Kier molecular flexibility index (Phi) is 4.14. The summed E-state index contributed by atoms with van der Waals surface area (Å²) in [6.07, 6.45) is 3.88. The molecular formula is C13H24N2O. The first-order valence-electron chi connectivity index (χ1n) is 6.10. The number of hydrogen-bond donors (Lipinski definition) is 1. The van der Waals surface area contributed by atoms with Crippen molar-refractivity contribution in [2.45, 2.75) is 46.6 Å². The van der Waals surface area contributed by atoms with E-state index in [1.54, 1.807) is 0 Å². The maximum absolute atomic E-state index is 11.9. The van der Waals surface area contributed by atoms with Gasteiger partial charge >= 0.3 is 0 Å². The molecule has 3 heteroatoms. The third-order valence-corrected chi connectivity index (χ3v) is 3.24. The molecule has 0 aromatic rings. The van der Waals surface area contributed by atoms with Crippen LogP contribution in [0.25, 0.3) is 0 Å². The lowest BCUT2D eigenvalue weighted by Crippen LogP contribution is -2.45. The lowest BCUT2D eigenvalue weighted by atomic mass is 9.83. The molecular weight excluding hydrogens is 200 g/mol. The summed E-state index contributed by atoms with van der Waals surface area (Å²) in [7, 11) is 0. The Bertz CT molecular complexity index is 289. The average molecular weight is 224 g/mol. The molecule has 0 aromatic carbocycles. The molecule has 0 saturated heterocycles. The summed E-state index contributed by atoms with van der Waals surface area (Å²) in [5.74, 6) is 0.0895. The van der Waals surface area contributed by atoms with E-state index in [2.05, 4.69) is 26.8 Å². The Morgan fingerprint density at radius 1 is 1.56 bits per heavy atom. The van der Waals surface area contributed by atoms with E-state index < -0.39 is 0 Å². The Morgan fingerprint density at radius 2 is 2.19 bits per heavy atom. The Hall–Kier alpha value is -0.830. The van der Waals surface area contributed by atoms with Crippen LogP contribution in [-0.4, -0.2) is 29.9 Å². The smallest absolute Gasteiger partial charge is 0.239 e. The molecule has 0 unspecified atom stereocenters. The molecule has 1 heterocycles. The van der Waals surface area contributed by atoms with Crippen molar-refractivity contribution in [2.24, 2.45) is 11.1 Å². The van der Waals surface area contributed by atoms with Crippen LogP contribution < -0.4 is 5.73 Å². The van der Waals surface area contributed by atoms with Gasteiger partial charge in [-0.15, -0.1) is 0 Å². The minimum absolute atomic E-state index is 0.0895. The van der Waals surface area contributed by atoms with E-state index in [-0.39, 0.29) is 17.4 Å². The predicted molar refractivity (Wildman–Crippen MR) is 67.0 cm³/mol. The second-order valence-corrected chi connectivity index (χ2v) is 5.53. The second kappa shape index (κ2) is 5.00. The summed E-state index contributed by atoms with van der Waals surface area (Å²) in [5, 5.41) is 0. The van der Waals surface area contributed by atoms with Crippen LogP contribution in [0.15, 0.2) is 11.6 Å². The predicted octanol–water partition coefficient (Wildman–Crippen LogP) is 1.93. The monoisotopic (exact) mass is 224 g/mol. The highest BCUT2D eigenvalue weighted by atomic mass is 16.2. The molecule has 0 saturated carbocycles. The van der Waals surface area contributed by atoms with Gasteiger partial charge in [-0.05, 0) is 18.3 Å². The molecule has 0 fully saturated rings. The van der Waals surface area contributed by atoms with Crippen LogP contribution in [0.3, 0.4) is 0 Å². The van der Waals surface area contributed by atoms with Crippen LogP contribution in [0.2, 0.25) is 0 Å². The van der Waals surface area contributed by atoms with Gasteiger partial charge in [0.2, 0.25) is 5.91 Å². The molecule has 1 atom stereocenters. The third kappa shape index (κ3) is 3.08. The lowest BCUT2D eigenvalue weighted by Gasteiger charge is -2.33. The van der Waals surface area contributed by atoms with Crippen LogP contribution in [0, 0.1) is 5.41 Å². The van der Waals surface area contributed by atoms with Crippen molar-refractivity contribution in [1.82, 2.24) is 4.90 Å². The number of carbonyl (C=O) groups is 1. The summed E-state index contributed by atoms with van der Waals surface area (Å²) in [5.41, 5.74) is 7.43. The Morgan fingerprint density at radius 3 is 2.56 bits per heavy atom. The van der Waals surface area contributed by atoms with E-state index in [4.69, 9.17) is 5.73 Å². The first-order valence-corrected chi connectivity index (χ1v) is 6.10. The number of nitrogens with two attached hydrogens (primary N) is 1. The van der Waals surface area contributed by atoms with Gasteiger partial charge in [-0.25, -0.2) is 0 Å². The van der Waals surface area contributed by atoms with Crippen LogP contribution in [0.5, 0.6) is 0 Å². The molecule has 0 spiro atoms. The summed E-state index contributed by atoms with van der Waals surface area (Å²) in [6.45, 7) is 10.1. The van der Waals surface area contributed by atoms with Gasteiger partial charge in [0.1, 0.15) is 0 Å². The summed E-state index contributed by atoms with van der Waals surface area (Å²) in [6, 6.07) is -0.329. The summed E-state index contributed by atoms with van der Waals surface area (Å²) >= 11 is 0. The number of rotatable bonds is 2. The summed E-state index contributed by atoms with van der Waals surface area (Å²) < 4.78 is 0. The van der Waals surface area contributed by atoms with Crippen molar-refractivity contribution in [3.63, 3.8) is 0 Å². The van der Waals surface area contributed by atoms with Gasteiger partial charge in [0.25, 0.3) is 0 Å². The third-order valence-electron chi connectivity index (χ3n) is 3.24. The molecule has 0 aliphatic carbocycles. The Balaban J connectivity index is 2.61. The minimum atomic E-state index is -0.329. The number of hydrogen-bond acceptors (Lipinski definition) is 2. The first-order chi connectivity index (χ1) is 7.36. The fourth-order valence-electron chi connectivity index (χ4n) is 1.96. The highest BCUT2D eigenvalue weighted by molar-refractivity contribution is 5.81. The fourth-order valence-corrected chi connectivity index (χ4v) is 1.96. The van der Waals surface area contributed by atoms with Gasteiger partial charge < -0.3 is 10.6 Å². The molecule has 1 amide bonds. The zero-order valence-corrected chi connectivity index (χ0v) is 10.9. The maximum Gasteiger partial charge on any atom is 0.239 e. The van der Waals surface area contributed by atoms with E-state index in [0.29, 0.717) is 6.42 Å². The normalized spacial score (nSPS) is 19.3. The van der Waals surface area contributed by atoms with E-state index >= 15 is 0 Å². The first kappa shape index (κ1) is 13.2. The van der Waals surface area contributed by atoms with Gasteiger partial charge in [-0.1, -0.05) is 39.3 Å². The van der Waals surface area contributed by atoms with Crippen molar-refractivity contribution in [3.05, 3.63) is 11.6 Å². The fraction of sp³-hybridized carbons (Fsp3) is 0.769. The molecule has 0 radical (unpaired) electrons. The Labute approximate surface area is 98.7 Å². The van der Waals surface area contributed by atoms with Gasteiger partial charge in [0.05, 0.1) is 6.04 Å². The van der Waals surface area contributed by atoms with Crippen molar-refractivity contribution in [2.75, 3.05) is 13.1 Å². The average Bonchev–Trinajstić information content (AvgIpc) is 2.26. The maximum atomic E-state index is 11.9. The van der Waals surface area contributed by atoms with Crippen LogP contribution >= 0.6 is 0 Å². The van der Waals surface area contributed by atoms with Crippen molar-refractivity contribution in [3.8, 4) is 0 Å². The van der Waals surface area contributed by atoms with Gasteiger partial charge in [0.15, 0.2) is 0 Å². The standard InChI is InChI=1S/C13H24N2O/c1-5-11(14)12(16)15-8-6-10(7-9-15)13(2,3)4/h6,11H,5,7-9,14H2,1-4H3/t11-/m1/s1. The van der Waals surface area contributed by atoms with Crippen molar-refractivity contribution in [1.29, 1.82) is 0 Å². The topological polar surface area (TPSA) is 46.3 Å². The van der Waals surface area contributed by atoms with E-state index in [9.17, 15) is 4.79 Å². The number of nitrogens with zero attached hydrogens (tertiary/aromatic N) is 1. The molecule has 16 heavy (non-hydrogen) atoms. The largest absolute Gasteiger partial charge is 0.337 e. The van der Waals surface area contributed by atoms with E-state index in [0.717, 1.165) is 19.5 Å². The highest BCUT2D eigenvalue weighted by Gasteiger charge is 2.25. The lowest BCUT2D eigenvalue weighted by molar-refractivity contribution is -0.132. The zero-order chi connectivity index (χ0) is 12.3. The van der Waals surface area contributed by atoms with Crippen molar-refractivity contribution < 1.29 is 4.79 Å². The molecule has 2 N–H and O–H groups in total. The second-order valence-electron chi connectivity index (χ2n) is 5.53. The quantitative estimate of drug-likeness (QED) is 0.728. The van der Waals surface area contributed by atoms with Crippen LogP contribution in [0.4, 0.5) is 0 Å². The molecule has 1 rings (SSSR count). The zero-order valence-electron chi connectivity index (χ0n) is 10.9. The van der Waals surface area contributed by atoms with Gasteiger partial charge in [-0.2, -0.15) is 0 Å². The molecule has 1 aliphatic rings. The molecule has 0 bridgehead atoms. The van der Waals surface area contributed by atoms with Crippen molar-refractivity contribution >= 4 is 5.91 Å². The van der Waals surface area contributed by atoms with Crippen LogP contribution in [0.1, 0.15) is 40.5 Å². The SMILES string of the molecule is CC[C@@H](N)C(=O)N1CC=C(C(C)(C)C)CC1. The number of carbonyl (C=O) groups excluding carboxylic acids is 1. The molecule has 92 valence electrons. The van der Waals surface area contributed by atoms with Gasteiger partial charge in [0, 0.05) is 13.1 Å². The van der Waals surface area contributed by atoms with Crippen LogP contribution in [-0.2, 0) is 4.79 Å². The highest BCUT2D eigenvalue weighted by Crippen LogP contribution is 2.30. The van der Waals surface area contributed by atoms with Gasteiger partial charge in [-0.3, -0.25) is 4.79 Å². The van der Waals surface area contributed by atoms with E-state index in [1.807, 2.05) is 11.8 Å². The molecule has 0 aromatic heterocycles. The minimum Gasteiger partial charge on any atom is -0.337 e. The number of amides is 1. The summed E-state index contributed by atoms with van der Waals surface area (Å²) in [4.78, 5) is 13.7.